The molecule has 3 atom stereocenters. The van der Waals surface area contributed by atoms with Crippen LogP contribution in [0.1, 0.15) is 40.0 Å². The van der Waals surface area contributed by atoms with Crippen LogP contribution in [0.5, 0.6) is 0 Å². The van der Waals surface area contributed by atoms with Crippen LogP contribution in [0.3, 0.4) is 0 Å². The Kier molecular flexibility index (Phi) is 4.59. The lowest BCUT2D eigenvalue weighted by Crippen LogP contribution is -2.41. The highest BCUT2D eigenvalue weighted by molar-refractivity contribution is 6.34. The van der Waals surface area contributed by atoms with Crippen LogP contribution in [0.15, 0.2) is 22.8 Å². The first kappa shape index (κ1) is 16.2. The van der Waals surface area contributed by atoms with E-state index in [2.05, 4.69) is 6.08 Å². The van der Waals surface area contributed by atoms with Crippen molar-refractivity contribution in [3.05, 3.63) is 22.8 Å². The fourth-order valence-electron chi connectivity index (χ4n) is 2.97. The van der Waals surface area contributed by atoms with Crippen molar-refractivity contribution >= 4 is 23.4 Å². The summed E-state index contributed by atoms with van der Waals surface area (Å²) in [7, 11) is 1.47. The molecule has 0 saturated carbocycles. The highest BCUT2D eigenvalue weighted by Gasteiger charge is 2.51. The number of ether oxygens (including phenoxy) is 2. The van der Waals surface area contributed by atoms with Gasteiger partial charge >= 0.3 is 5.97 Å². The van der Waals surface area contributed by atoms with Crippen molar-refractivity contribution < 1.29 is 19.1 Å². The second kappa shape index (κ2) is 5.93. The average Bonchev–Trinajstić information content (AvgIpc) is 2.68. The molecule has 4 nitrogen and oxygen atoms in total. The first-order valence-corrected chi connectivity index (χ1v) is 7.59. The number of Topliss-reactive ketones (excluding diaryl/α,β-unsaturated/α-hetero) is 1. The predicted octanol–water partition coefficient (Wildman–Crippen LogP) is 3.15. The number of carbonyl (C=O) groups excluding carboxylic acids is 2. The van der Waals surface area contributed by atoms with E-state index in [0.717, 1.165) is 18.4 Å². The number of hydrogen-bond donors (Lipinski definition) is 0. The topological polar surface area (TPSA) is 52.6 Å². The molecule has 116 valence electrons. The van der Waals surface area contributed by atoms with E-state index in [4.69, 9.17) is 21.1 Å². The van der Waals surface area contributed by atoms with Crippen molar-refractivity contribution in [2.24, 2.45) is 5.92 Å². The van der Waals surface area contributed by atoms with Crippen LogP contribution in [-0.4, -0.2) is 30.0 Å². The largest absolute Gasteiger partial charge is 0.425 e. The van der Waals surface area contributed by atoms with Crippen LogP contribution in [0, 0.1) is 5.92 Å². The molecule has 21 heavy (non-hydrogen) atoms. The fourth-order valence-corrected chi connectivity index (χ4v) is 3.51. The third-order valence-corrected chi connectivity index (χ3v) is 4.73. The molecule has 1 aliphatic carbocycles. The zero-order valence-corrected chi connectivity index (χ0v) is 13.6. The Morgan fingerprint density at radius 1 is 1.38 bits per heavy atom. The fraction of sp³-hybridized carbons (Fsp3) is 0.625. The molecule has 0 radical (unpaired) electrons. The Bertz CT molecular complexity index is 534. The maximum atomic E-state index is 12.5. The Hall–Kier alpha value is -1.13. The maximum Gasteiger partial charge on any atom is 0.336 e. The van der Waals surface area contributed by atoms with Crippen LogP contribution in [0.4, 0.5) is 0 Å². The van der Waals surface area contributed by atoms with Gasteiger partial charge in [0, 0.05) is 30.6 Å². The smallest absolute Gasteiger partial charge is 0.336 e. The Morgan fingerprint density at radius 2 is 2.05 bits per heavy atom. The van der Waals surface area contributed by atoms with Crippen LogP contribution in [-0.2, 0) is 19.1 Å². The molecule has 0 spiro atoms. The number of alkyl halides is 1. The van der Waals surface area contributed by atoms with E-state index >= 15 is 0 Å². The van der Waals surface area contributed by atoms with Crippen LogP contribution in [0.25, 0.3) is 0 Å². The molecular weight excluding hydrogens is 292 g/mol. The van der Waals surface area contributed by atoms with E-state index < -0.39 is 17.1 Å². The number of halogens is 1. The summed E-state index contributed by atoms with van der Waals surface area (Å²) in [5.41, 5.74) is 1.90. The number of fused-ring (bicyclic) bond motifs is 1. The molecule has 0 fully saturated rings. The molecule has 2 rings (SSSR count). The highest BCUT2D eigenvalue weighted by Crippen LogP contribution is 2.43. The maximum absolute atomic E-state index is 12.5. The van der Waals surface area contributed by atoms with Gasteiger partial charge in [-0.2, -0.15) is 0 Å². The standard InChI is InChI=1S/C16H21ClO4/c1-9-6-5-7-10(2)14(18)13(17)12-11(3)15(19)21-16(12,8-9)20-4/h6,10,13H,5,7-8H2,1-4H3. The lowest BCUT2D eigenvalue weighted by molar-refractivity contribution is -0.192. The van der Waals surface area contributed by atoms with Crippen molar-refractivity contribution in [1.82, 2.24) is 0 Å². The summed E-state index contributed by atoms with van der Waals surface area (Å²) in [5.74, 6) is -1.97. The molecule has 1 aliphatic heterocycles. The molecule has 0 N–H and O–H groups in total. The van der Waals surface area contributed by atoms with Gasteiger partial charge in [-0.05, 0) is 26.7 Å². The first-order valence-electron chi connectivity index (χ1n) is 7.15. The molecule has 0 aromatic carbocycles. The zero-order valence-electron chi connectivity index (χ0n) is 12.9. The second-order valence-corrected chi connectivity index (χ2v) is 6.29. The van der Waals surface area contributed by atoms with Gasteiger partial charge in [0.25, 0.3) is 0 Å². The van der Waals surface area contributed by atoms with E-state index in [9.17, 15) is 9.59 Å². The van der Waals surface area contributed by atoms with E-state index in [1.165, 1.54) is 7.11 Å². The number of allylic oxidation sites excluding steroid dienone is 1. The Labute approximate surface area is 130 Å². The molecule has 0 aromatic heterocycles. The molecular formula is C16H21ClO4. The molecule has 0 amide bonds. The van der Waals surface area contributed by atoms with Gasteiger partial charge in [-0.25, -0.2) is 4.79 Å². The van der Waals surface area contributed by atoms with E-state index in [1.54, 1.807) is 6.92 Å². The van der Waals surface area contributed by atoms with E-state index in [0.29, 0.717) is 17.6 Å². The number of carbonyl (C=O) groups is 2. The SMILES string of the molecule is COC12CC(C)=CCCC(C)C(=O)C(Cl)C1=C(C)C(=O)O2. The minimum absolute atomic E-state index is 0.0845. The van der Waals surface area contributed by atoms with Crippen molar-refractivity contribution in [3.63, 3.8) is 0 Å². The number of hydrogen-bond acceptors (Lipinski definition) is 4. The third-order valence-electron chi connectivity index (χ3n) is 4.30. The quantitative estimate of drug-likeness (QED) is 0.424. The van der Waals surface area contributed by atoms with Gasteiger partial charge in [0.1, 0.15) is 5.38 Å². The monoisotopic (exact) mass is 312 g/mol. The van der Waals surface area contributed by atoms with Crippen molar-refractivity contribution in [2.75, 3.05) is 7.11 Å². The zero-order chi connectivity index (χ0) is 15.8. The lowest BCUT2D eigenvalue weighted by Gasteiger charge is -2.32. The second-order valence-electron chi connectivity index (χ2n) is 5.86. The van der Waals surface area contributed by atoms with Gasteiger partial charge in [-0.15, -0.1) is 11.6 Å². The van der Waals surface area contributed by atoms with Gasteiger partial charge in [-0.1, -0.05) is 18.6 Å². The van der Waals surface area contributed by atoms with Gasteiger partial charge in [0.15, 0.2) is 5.78 Å². The Balaban J connectivity index is 2.57. The minimum atomic E-state index is -1.25. The van der Waals surface area contributed by atoms with Crippen LogP contribution >= 0.6 is 11.6 Å². The van der Waals surface area contributed by atoms with Crippen LogP contribution in [0.2, 0.25) is 0 Å². The summed E-state index contributed by atoms with van der Waals surface area (Å²) in [6, 6.07) is 0. The summed E-state index contributed by atoms with van der Waals surface area (Å²) < 4.78 is 11.0. The summed E-state index contributed by atoms with van der Waals surface area (Å²) in [5, 5.41) is -0.891. The summed E-state index contributed by atoms with van der Waals surface area (Å²) in [6.07, 6.45) is 4.01. The summed E-state index contributed by atoms with van der Waals surface area (Å²) >= 11 is 6.40. The number of rotatable bonds is 1. The molecule has 0 saturated heterocycles. The Morgan fingerprint density at radius 3 is 2.67 bits per heavy atom. The predicted molar refractivity (Wildman–Crippen MR) is 80.0 cm³/mol. The summed E-state index contributed by atoms with van der Waals surface area (Å²) in [6.45, 7) is 5.47. The number of ketones is 1. The normalized spacial score (nSPS) is 34.4. The highest BCUT2D eigenvalue weighted by atomic mass is 35.5. The van der Waals surface area contributed by atoms with Gasteiger partial charge in [0.2, 0.25) is 5.79 Å². The molecule has 0 bridgehead atoms. The third kappa shape index (κ3) is 2.79. The van der Waals surface area contributed by atoms with Gasteiger partial charge in [-0.3, -0.25) is 4.79 Å². The van der Waals surface area contributed by atoms with Crippen LogP contribution < -0.4 is 0 Å². The van der Waals surface area contributed by atoms with E-state index in [1.807, 2.05) is 13.8 Å². The van der Waals surface area contributed by atoms with Gasteiger partial charge in [0.05, 0.1) is 0 Å². The lowest BCUT2D eigenvalue weighted by atomic mass is 9.86. The molecule has 0 aromatic rings. The van der Waals surface area contributed by atoms with Crippen molar-refractivity contribution in [1.29, 1.82) is 0 Å². The molecule has 5 heteroatoms. The minimum Gasteiger partial charge on any atom is -0.425 e. The number of methoxy groups -OCH3 is 1. The van der Waals surface area contributed by atoms with Crippen molar-refractivity contribution in [3.8, 4) is 0 Å². The first-order chi connectivity index (χ1) is 9.82. The average molecular weight is 313 g/mol. The van der Waals surface area contributed by atoms with Gasteiger partial charge < -0.3 is 9.47 Å². The van der Waals surface area contributed by atoms with E-state index in [-0.39, 0.29) is 11.7 Å². The number of esters is 1. The van der Waals surface area contributed by atoms with Crippen molar-refractivity contribution in [2.45, 2.75) is 51.2 Å². The summed E-state index contributed by atoms with van der Waals surface area (Å²) in [4.78, 5) is 24.5. The molecule has 3 unspecified atom stereocenters. The molecule has 1 heterocycles. The molecule has 2 aliphatic rings.